The number of nitrogen functional groups attached to an aromatic ring is 1. The molecule has 0 amide bonds. The summed E-state index contributed by atoms with van der Waals surface area (Å²) in [6, 6.07) is 11.7. The zero-order valence-electron chi connectivity index (χ0n) is 11.0. The van der Waals surface area contributed by atoms with Crippen LogP contribution in [0.5, 0.6) is 0 Å². The number of halogens is 1. The van der Waals surface area contributed by atoms with Gasteiger partial charge in [0.05, 0.1) is 0 Å². The minimum atomic E-state index is 0.391. The Balaban J connectivity index is 2.06. The minimum Gasteiger partial charge on any atom is -0.399 e. The third kappa shape index (κ3) is 4.14. The Morgan fingerprint density at radius 2 is 1.95 bits per heavy atom. The molecule has 0 saturated heterocycles. The number of aryl methyl sites for hydroxylation is 1. The van der Waals surface area contributed by atoms with Crippen molar-refractivity contribution in [3.05, 3.63) is 47.1 Å². The van der Waals surface area contributed by atoms with E-state index in [9.17, 15) is 0 Å². The molecule has 0 spiro atoms. The first kappa shape index (κ1) is 13.7. The van der Waals surface area contributed by atoms with Crippen molar-refractivity contribution in [2.24, 2.45) is 0 Å². The van der Waals surface area contributed by atoms with Crippen LogP contribution in [-0.4, -0.2) is 4.98 Å². The molecule has 4 heteroatoms. The number of hydrogen-bond donors (Lipinski definition) is 2. The first-order valence-electron chi connectivity index (χ1n) is 6.46. The second-order valence-electron chi connectivity index (χ2n) is 4.53. The van der Waals surface area contributed by atoms with Crippen LogP contribution in [0.25, 0.3) is 0 Å². The van der Waals surface area contributed by atoms with Crippen molar-refractivity contribution in [3.63, 3.8) is 0 Å². The fraction of sp³-hybridized carbons (Fsp3) is 0.267. The largest absolute Gasteiger partial charge is 0.399 e. The van der Waals surface area contributed by atoms with Gasteiger partial charge >= 0.3 is 0 Å². The number of nitrogens with zero attached hydrogens (tertiary/aromatic N) is 1. The molecule has 1 heterocycles. The van der Waals surface area contributed by atoms with Gasteiger partial charge in [-0.1, -0.05) is 37.1 Å². The zero-order valence-corrected chi connectivity index (χ0v) is 11.7. The van der Waals surface area contributed by atoms with Crippen molar-refractivity contribution in [2.45, 2.75) is 26.2 Å². The number of pyridine rings is 1. The molecule has 0 aliphatic carbocycles. The number of anilines is 3. The van der Waals surface area contributed by atoms with Gasteiger partial charge in [0.25, 0.3) is 0 Å². The summed E-state index contributed by atoms with van der Waals surface area (Å²) in [5.74, 6) is 0.659. The van der Waals surface area contributed by atoms with E-state index in [0.717, 1.165) is 12.1 Å². The van der Waals surface area contributed by atoms with Crippen LogP contribution >= 0.6 is 11.6 Å². The number of benzene rings is 1. The van der Waals surface area contributed by atoms with Crippen molar-refractivity contribution in [3.8, 4) is 0 Å². The van der Waals surface area contributed by atoms with E-state index < -0.39 is 0 Å². The van der Waals surface area contributed by atoms with Crippen LogP contribution in [0.2, 0.25) is 5.15 Å². The highest BCUT2D eigenvalue weighted by atomic mass is 35.5. The maximum absolute atomic E-state index is 5.87. The van der Waals surface area contributed by atoms with Gasteiger partial charge in [-0.3, -0.25) is 0 Å². The Labute approximate surface area is 118 Å². The van der Waals surface area contributed by atoms with Crippen molar-refractivity contribution in [1.29, 1.82) is 0 Å². The lowest BCUT2D eigenvalue weighted by molar-refractivity contribution is 0.795. The molecule has 3 nitrogen and oxygen atoms in total. The van der Waals surface area contributed by atoms with E-state index >= 15 is 0 Å². The topological polar surface area (TPSA) is 50.9 Å². The van der Waals surface area contributed by atoms with Crippen LogP contribution in [0.1, 0.15) is 25.3 Å². The monoisotopic (exact) mass is 275 g/mol. The lowest BCUT2D eigenvalue weighted by Gasteiger charge is -2.08. The summed E-state index contributed by atoms with van der Waals surface area (Å²) in [5.41, 5.74) is 8.66. The smallest absolute Gasteiger partial charge is 0.134 e. The van der Waals surface area contributed by atoms with Gasteiger partial charge < -0.3 is 11.1 Å². The van der Waals surface area contributed by atoms with E-state index in [-0.39, 0.29) is 0 Å². The SMILES string of the molecule is CCCCc1ccc(Nc2cc(N)cc(Cl)n2)cc1. The highest BCUT2D eigenvalue weighted by Gasteiger charge is 2.00. The molecule has 0 unspecified atom stereocenters. The molecule has 0 aliphatic heterocycles. The van der Waals surface area contributed by atoms with Crippen molar-refractivity contribution in [2.75, 3.05) is 11.1 Å². The number of hydrogen-bond acceptors (Lipinski definition) is 3. The molecule has 3 N–H and O–H groups in total. The average Bonchev–Trinajstić information content (AvgIpc) is 2.37. The fourth-order valence-electron chi connectivity index (χ4n) is 1.86. The minimum absolute atomic E-state index is 0.391. The number of aromatic nitrogens is 1. The van der Waals surface area contributed by atoms with Crippen molar-refractivity contribution in [1.82, 2.24) is 4.98 Å². The Kier molecular flexibility index (Phi) is 4.63. The summed E-state index contributed by atoms with van der Waals surface area (Å²) in [4.78, 5) is 4.18. The van der Waals surface area contributed by atoms with Gasteiger partial charge in [0.15, 0.2) is 0 Å². The van der Waals surface area contributed by atoms with Gasteiger partial charge in [-0.05, 0) is 36.6 Å². The molecule has 2 aromatic rings. The van der Waals surface area contributed by atoms with E-state index in [2.05, 4.69) is 29.4 Å². The van der Waals surface area contributed by atoms with Crippen LogP contribution in [0, 0.1) is 0 Å². The van der Waals surface area contributed by atoms with E-state index in [0.29, 0.717) is 16.7 Å². The number of unbranched alkanes of at least 4 members (excludes halogenated alkanes) is 1. The summed E-state index contributed by atoms with van der Waals surface area (Å²) in [6.45, 7) is 2.20. The van der Waals surface area contributed by atoms with Gasteiger partial charge in [0.1, 0.15) is 11.0 Å². The number of rotatable bonds is 5. The fourth-order valence-corrected chi connectivity index (χ4v) is 2.08. The molecule has 1 aromatic heterocycles. The summed E-state index contributed by atoms with van der Waals surface area (Å²) in [5, 5.41) is 3.58. The second-order valence-corrected chi connectivity index (χ2v) is 4.92. The Bertz CT molecular complexity index is 517. The summed E-state index contributed by atoms with van der Waals surface area (Å²) in [7, 11) is 0. The Morgan fingerprint density at radius 3 is 2.58 bits per heavy atom. The maximum Gasteiger partial charge on any atom is 0.134 e. The Hall–Kier alpha value is -1.74. The molecule has 1 aromatic carbocycles. The van der Waals surface area contributed by atoms with E-state index in [1.807, 2.05) is 12.1 Å². The molecule has 0 atom stereocenters. The molecule has 0 bridgehead atoms. The highest BCUT2D eigenvalue weighted by Crippen LogP contribution is 2.20. The molecule has 0 fully saturated rings. The van der Waals surface area contributed by atoms with E-state index in [1.165, 1.54) is 18.4 Å². The van der Waals surface area contributed by atoms with Crippen molar-refractivity contribution >= 4 is 28.8 Å². The predicted molar refractivity (Wildman–Crippen MR) is 82.0 cm³/mol. The van der Waals surface area contributed by atoms with Crippen LogP contribution < -0.4 is 11.1 Å². The van der Waals surface area contributed by atoms with Gasteiger partial charge in [-0.2, -0.15) is 0 Å². The lowest BCUT2D eigenvalue weighted by atomic mass is 10.1. The molecular formula is C15H18ClN3. The highest BCUT2D eigenvalue weighted by molar-refractivity contribution is 6.29. The third-order valence-electron chi connectivity index (χ3n) is 2.86. The van der Waals surface area contributed by atoms with Crippen molar-refractivity contribution < 1.29 is 0 Å². The average molecular weight is 276 g/mol. The molecule has 0 aliphatic rings. The van der Waals surface area contributed by atoms with Crippen LogP contribution in [-0.2, 0) is 6.42 Å². The molecule has 0 radical (unpaired) electrons. The zero-order chi connectivity index (χ0) is 13.7. The van der Waals surface area contributed by atoms with E-state index in [4.69, 9.17) is 17.3 Å². The van der Waals surface area contributed by atoms with Crippen LogP contribution in [0.15, 0.2) is 36.4 Å². The van der Waals surface area contributed by atoms with Gasteiger partial charge in [0, 0.05) is 17.4 Å². The molecular weight excluding hydrogens is 258 g/mol. The first-order chi connectivity index (χ1) is 9.17. The summed E-state index contributed by atoms with van der Waals surface area (Å²) in [6.07, 6.45) is 3.56. The third-order valence-corrected chi connectivity index (χ3v) is 3.06. The molecule has 19 heavy (non-hydrogen) atoms. The summed E-state index contributed by atoms with van der Waals surface area (Å²) >= 11 is 5.87. The number of nitrogens with one attached hydrogen (secondary N) is 1. The van der Waals surface area contributed by atoms with Crippen LogP contribution in [0.4, 0.5) is 17.2 Å². The normalized spacial score (nSPS) is 10.4. The second kappa shape index (κ2) is 6.43. The molecule has 0 saturated carbocycles. The van der Waals surface area contributed by atoms with Gasteiger partial charge in [0.2, 0.25) is 0 Å². The standard InChI is InChI=1S/C15H18ClN3/c1-2-3-4-11-5-7-13(8-6-11)18-15-10-12(17)9-14(16)19-15/h5-10H,2-4H2,1H3,(H3,17,18,19). The molecule has 2 rings (SSSR count). The van der Waals surface area contributed by atoms with Gasteiger partial charge in [-0.25, -0.2) is 4.98 Å². The summed E-state index contributed by atoms with van der Waals surface area (Å²) < 4.78 is 0. The lowest BCUT2D eigenvalue weighted by Crippen LogP contribution is -1.96. The maximum atomic E-state index is 5.87. The first-order valence-corrected chi connectivity index (χ1v) is 6.84. The predicted octanol–water partition coefficient (Wildman–Crippen LogP) is 4.40. The van der Waals surface area contributed by atoms with E-state index in [1.54, 1.807) is 12.1 Å². The number of nitrogens with two attached hydrogens (primary N) is 1. The quantitative estimate of drug-likeness (QED) is 0.795. The van der Waals surface area contributed by atoms with Crippen LogP contribution in [0.3, 0.4) is 0 Å². The van der Waals surface area contributed by atoms with Gasteiger partial charge in [-0.15, -0.1) is 0 Å². The Morgan fingerprint density at radius 1 is 1.21 bits per heavy atom. The molecule has 100 valence electrons.